The zero-order chi connectivity index (χ0) is 19.1. The van der Waals surface area contributed by atoms with E-state index in [4.69, 9.17) is 21.3 Å². The van der Waals surface area contributed by atoms with Crippen LogP contribution in [-0.2, 0) is 12.0 Å². The highest BCUT2D eigenvalue weighted by Crippen LogP contribution is 2.53. The summed E-state index contributed by atoms with van der Waals surface area (Å²) in [4.78, 5) is 4.77. The summed E-state index contributed by atoms with van der Waals surface area (Å²) < 4.78 is 6.21. The maximum atomic E-state index is 6.54. The van der Waals surface area contributed by atoms with Gasteiger partial charge < -0.3 is 4.74 Å². The van der Waals surface area contributed by atoms with Crippen molar-refractivity contribution in [1.82, 2.24) is 0 Å². The first-order chi connectivity index (χ1) is 13.0. The molecular formula is C24H24ClNO. The third kappa shape index (κ3) is 2.93. The number of hydrogen-bond acceptors (Lipinski definition) is 2. The lowest BCUT2D eigenvalue weighted by molar-refractivity contribution is 0.293. The average molecular weight is 378 g/mol. The minimum Gasteiger partial charge on any atom is -0.488 e. The molecule has 138 valence electrons. The minimum absolute atomic E-state index is 0.0430. The quantitative estimate of drug-likeness (QED) is 0.466. The zero-order valence-electron chi connectivity index (χ0n) is 16.0. The van der Waals surface area contributed by atoms with E-state index >= 15 is 0 Å². The minimum atomic E-state index is -0.290. The first-order valence-electron chi connectivity index (χ1n) is 9.30. The number of benzene rings is 3. The predicted octanol–water partition coefficient (Wildman–Crippen LogP) is 6.66. The van der Waals surface area contributed by atoms with Gasteiger partial charge in [0.25, 0.3) is 0 Å². The summed E-state index contributed by atoms with van der Waals surface area (Å²) in [6.45, 7) is 7.22. The lowest BCUT2D eigenvalue weighted by Crippen LogP contribution is -2.42. The number of hydrogen-bond donors (Lipinski definition) is 0. The van der Waals surface area contributed by atoms with Crippen LogP contribution in [0.1, 0.15) is 31.9 Å². The van der Waals surface area contributed by atoms with E-state index in [0.717, 1.165) is 22.4 Å². The molecule has 1 atom stereocenters. The molecule has 0 unspecified atom stereocenters. The van der Waals surface area contributed by atoms with Gasteiger partial charge in [-0.2, -0.15) is 0 Å². The molecule has 0 aromatic heterocycles. The topological polar surface area (TPSA) is 21.6 Å². The molecule has 3 heteroatoms. The molecular weight excluding hydrogens is 354 g/mol. The van der Waals surface area contributed by atoms with E-state index < -0.39 is 0 Å². The van der Waals surface area contributed by atoms with Crippen LogP contribution in [0.3, 0.4) is 0 Å². The number of nitrogens with zero attached hydrogens (tertiary/aromatic N) is 1. The van der Waals surface area contributed by atoms with E-state index in [1.54, 1.807) is 0 Å². The van der Waals surface area contributed by atoms with Crippen LogP contribution in [0.5, 0.6) is 5.75 Å². The van der Waals surface area contributed by atoms with E-state index in [9.17, 15) is 0 Å². The summed E-state index contributed by atoms with van der Waals surface area (Å²) in [5.41, 5.74) is 3.00. The van der Waals surface area contributed by atoms with Crippen LogP contribution in [-0.4, -0.2) is 12.1 Å². The monoisotopic (exact) mass is 377 g/mol. The third-order valence-electron chi connectivity index (χ3n) is 5.64. The molecule has 3 aromatic rings. The number of ether oxygens (including phenoxy) is 1. The average Bonchev–Trinajstić information content (AvgIpc) is 3.07. The Morgan fingerprint density at radius 3 is 2.30 bits per heavy atom. The molecule has 0 aliphatic carbocycles. The second-order valence-corrected chi connectivity index (χ2v) is 8.47. The summed E-state index contributed by atoms with van der Waals surface area (Å²) in [6, 6.07) is 20.7. The largest absolute Gasteiger partial charge is 0.488 e. The molecule has 1 heterocycles. The first kappa shape index (κ1) is 18.1. The van der Waals surface area contributed by atoms with Crippen molar-refractivity contribution in [1.29, 1.82) is 0 Å². The van der Waals surface area contributed by atoms with Crippen LogP contribution in [0, 0.1) is 5.41 Å². The van der Waals surface area contributed by atoms with Gasteiger partial charge in [0.1, 0.15) is 12.4 Å². The Morgan fingerprint density at radius 1 is 0.963 bits per heavy atom. The van der Waals surface area contributed by atoms with Crippen molar-refractivity contribution in [2.24, 2.45) is 10.4 Å². The fourth-order valence-electron chi connectivity index (χ4n) is 3.87. The number of halogens is 1. The maximum absolute atomic E-state index is 6.54. The summed E-state index contributed by atoms with van der Waals surface area (Å²) in [6.07, 6.45) is 2.04. The van der Waals surface area contributed by atoms with E-state index in [-0.39, 0.29) is 10.8 Å². The summed E-state index contributed by atoms with van der Waals surface area (Å²) >= 11 is 6.54. The van der Waals surface area contributed by atoms with Crippen molar-refractivity contribution in [3.63, 3.8) is 0 Å². The molecule has 0 N–H and O–H groups in total. The van der Waals surface area contributed by atoms with Gasteiger partial charge in [-0.05, 0) is 21.9 Å². The Morgan fingerprint density at radius 2 is 1.63 bits per heavy atom. The van der Waals surface area contributed by atoms with Gasteiger partial charge in [0.2, 0.25) is 0 Å². The highest BCUT2D eigenvalue weighted by molar-refractivity contribution is 6.21. The Hall–Kier alpha value is -2.32. The second-order valence-electron chi connectivity index (χ2n) is 8.20. The standard InChI is InChI=1S/C24H24ClNO/c1-23(2,3)24(15-25)16-26-20-13-21(27-14-17-9-5-4-6-10-17)18-11-7-8-12-19(18)22(20)24/h4-13,16H,14-15H2,1-3H3/t24-/m0/s1. The molecule has 0 fully saturated rings. The van der Waals surface area contributed by atoms with Crippen molar-refractivity contribution in [2.45, 2.75) is 32.8 Å². The fourth-order valence-corrected chi connectivity index (χ4v) is 4.47. The molecule has 3 aromatic carbocycles. The third-order valence-corrected chi connectivity index (χ3v) is 6.06. The van der Waals surface area contributed by atoms with E-state index in [1.807, 2.05) is 24.4 Å². The zero-order valence-corrected chi connectivity index (χ0v) is 16.8. The van der Waals surface area contributed by atoms with Crippen molar-refractivity contribution in [3.05, 3.63) is 71.8 Å². The van der Waals surface area contributed by atoms with Crippen LogP contribution in [0.15, 0.2) is 65.7 Å². The first-order valence-corrected chi connectivity index (χ1v) is 9.84. The maximum Gasteiger partial charge on any atom is 0.129 e. The molecule has 1 aliphatic heterocycles. The summed E-state index contributed by atoms with van der Waals surface area (Å²) in [5.74, 6) is 1.37. The molecule has 2 nitrogen and oxygen atoms in total. The van der Waals surface area contributed by atoms with Crippen molar-refractivity contribution < 1.29 is 4.74 Å². The lowest BCUT2D eigenvalue weighted by atomic mass is 9.64. The molecule has 0 bridgehead atoms. The van der Waals surface area contributed by atoms with E-state index in [0.29, 0.717) is 12.5 Å². The van der Waals surface area contributed by atoms with Gasteiger partial charge >= 0.3 is 0 Å². The number of aliphatic imine (C=N–C) groups is 1. The molecule has 27 heavy (non-hydrogen) atoms. The molecule has 4 rings (SSSR count). The van der Waals surface area contributed by atoms with Crippen molar-refractivity contribution >= 4 is 34.3 Å². The Kier molecular flexibility index (Phi) is 4.47. The molecule has 0 saturated heterocycles. The number of alkyl halides is 1. The highest BCUT2D eigenvalue weighted by Gasteiger charge is 2.47. The van der Waals surface area contributed by atoms with Gasteiger partial charge in [-0.25, -0.2) is 0 Å². The van der Waals surface area contributed by atoms with Gasteiger partial charge in [-0.15, -0.1) is 11.6 Å². The normalized spacial score (nSPS) is 18.7. The van der Waals surface area contributed by atoms with E-state index in [1.165, 1.54) is 10.9 Å². The van der Waals surface area contributed by atoms with Crippen LogP contribution >= 0.6 is 11.6 Å². The van der Waals surface area contributed by atoms with Crippen molar-refractivity contribution in [2.75, 3.05) is 5.88 Å². The van der Waals surface area contributed by atoms with Crippen LogP contribution in [0.4, 0.5) is 5.69 Å². The van der Waals surface area contributed by atoms with Gasteiger partial charge in [0.05, 0.1) is 11.1 Å². The van der Waals surface area contributed by atoms with Gasteiger partial charge in [-0.3, -0.25) is 4.99 Å². The summed E-state index contributed by atoms with van der Waals surface area (Å²) in [7, 11) is 0. The summed E-state index contributed by atoms with van der Waals surface area (Å²) in [5, 5.41) is 2.28. The Bertz CT molecular complexity index is 1000. The van der Waals surface area contributed by atoms with Gasteiger partial charge in [-0.1, -0.05) is 75.4 Å². The molecule has 1 aliphatic rings. The second kappa shape index (κ2) is 6.69. The predicted molar refractivity (Wildman–Crippen MR) is 115 cm³/mol. The molecule has 0 spiro atoms. The van der Waals surface area contributed by atoms with Crippen LogP contribution in [0.2, 0.25) is 0 Å². The SMILES string of the molecule is CC(C)(C)[C@@]1(CCl)C=Nc2cc(OCc3ccccc3)c3ccccc3c21. The Balaban J connectivity index is 1.84. The number of rotatable bonds is 4. The smallest absolute Gasteiger partial charge is 0.129 e. The van der Waals surface area contributed by atoms with Crippen LogP contribution < -0.4 is 4.74 Å². The highest BCUT2D eigenvalue weighted by atomic mass is 35.5. The van der Waals surface area contributed by atoms with Crippen LogP contribution in [0.25, 0.3) is 10.8 Å². The molecule has 0 radical (unpaired) electrons. The number of fused-ring (bicyclic) bond motifs is 3. The van der Waals surface area contributed by atoms with Gasteiger partial charge in [0, 0.05) is 23.5 Å². The van der Waals surface area contributed by atoms with E-state index in [2.05, 4.69) is 63.2 Å². The van der Waals surface area contributed by atoms with Crippen molar-refractivity contribution in [3.8, 4) is 5.75 Å². The molecule has 0 saturated carbocycles. The lowest BCUT2D eigenvalue weighted by Gasteiger charge is -2.39. The molecule has 0 amide bonds. The van der Waals surface area contributed by atoms with Gasteiger partial charge in [0.15, 0.2) is 0 Å². The fraction of sp³-hybridized carbons (Fsp3) is 0.292. The Labute approximate surface area is 165 Å².